The molecule has 34 heavy (non-hydrogen) atoms. The van der Waals surface area contributed by atoms with Crippen LogP contribution in [-0.4, -0.2) is 31.5 Å². The van der Waals surface area contributed by atoms with E-state index in [1.165, 1.54) is 31.4 Å². The Balaban J connectivity index is 2.30. The summed E-state index contributed by atoms with van der Waals surface area (Å²) in [5.41, 5.74) is 1.65. The molecular weight excluding hydrogens is 516 g/mol. The van der Waals surface area contributed by atoms with Crippen LogP contribution in [0.3, 0.4) is 0 Å². The van der Waals surface area contributed by atoms with Crippen molar-refractivity contribution in [1.29, 1.82) is 0 Å². The zero-order chi connectivity index (χ0) is 25.7. The van der Waals surface area contributed by atoms with Crippen LogP contribution < -0.4 is 14.9 Å². The van der Waals surface area contributed by atoms with Gasteiger partial charge in [-0.1, -0.05) is 35.3 Å². The summed E-state index contributed by atoms with van der Waals surface area (Å²) in [5.74, 6) is -5.99. The molecule has 0 radical (unpaired) electrons. The highest BCUT2D eigenvalue weighted by Gasteiger charge is 2.73. The molecule has 0 bridgehead atoms. The largest absolute Gasteiger partial charge is 0.493 e. The van der Waals surface area contributed by atoms with E-state index in [1.807, 2.05) is 0 Å². The van der Waals surface area contributed by atoms with Gasteiger partial charge in [0, 0.05) is 21.2 Å². The lowest BCUT2D eigenvalue weighted by molar-refractivity contribution is -0.361. The van der Waals surface area contributed by atoms with E-state index in [2.05, 4.69) is 11.7 Å². The van der Waals surface area contributed by atoms with Crippen molar-refractivity contribution < 1.29 is 40.2 Å². The molecule has 186 valence electrons. The van der Waals surface area contributed by atoms with Gasteiger partial charge in [-0.15, -0.1) is 6.58 Å². The van der Waals surface area contributed by atoms with Gasteiger partial charge in [-0.25, -0.2) is 5.43 Å². The number of rotatable bonds is 10. The molecule has 2 aromatic rings. The van der Waals surface area contributed by atoms with Crippen LogP contribution in [0.4, 0.5) is 30.7 Å². The Morgan fingerprint density at radius 1 is 1.03 bits per heavy atom. The van der Waals surface area contributed by atoms with E-state index < -0.39 is 18.1 Å². The van der Waals surface area contributed by atoms with Crippen molar-refractivity contribution in [2.24, 2.45) is 5.10 Å². The van der Waals surface area contributed by atoms with Crippen LogP contribution in [0.2, 0.25) is 10.0 Å². The van der Waals surface area contributed by atoms with Crippen LogP contribution in [0.15, 0.2) is 48.1 Å². The van der Waals surface area contributed by atoms with Crippen molar-refractivity contribution in [3.63, 3.8) is 0 Å². The molecule has 4 nitrogen and oxygen atoms in total. The molecule has 0 aromatic heterocycles. The molecule has 0 aliphatic heterocycles. The average Bonchev–Trinajstić information content (AvgIpc) is 2.73. The number of allylic oxidation sites excluding steroid dienone is 1. The third-order valence-electron chi connectivity index (χ3n) is 4.29. The van der Waals surface area contributed by atoms with Gasteiger partial charge in [0.15, 0.2) is 11.5 Å². The Morgan fingerprint density at radius 3 is 2.26 bits per heavy atom. The number of alkyl halides is 7. The fourth-order valence-electron chi connectivity index (χ4n) is 2.61. The van der Waals surface area contributed by atoms with Crippen molar-refractivity contribution in [1.82, 2.24) is 5.43 Å². The fraction of sp³-hybridized carbons (Fsp3) is 0.286. The van der Waals surface area contributed by atoms with Gasteiger partial charge in [0.05, 0.1) is 13.3 Å². The summed E-state index contributed by atoms with van der Waals surface area (Å²) in [6, 6.07) is 1.74. The van der Waals surface area contributed by atoms with Crippen molar-refractivity contribution >= 4 is 29.4 Å². The molecule has 0 spiro atoms. The van der Waals surface area contributed by atoms with Gasteiger partial charge in [0.2, 0.25) is 0 Å². The van der Waals surface area contributed by atoms with Crippen molar-refractivity contribution in [3.8, 4) is 11.5 Å². The summed E-state index contributed by atoms with van der Waals surface area (Å²) in [6.45, 7) is 3.61. The molecule has 0 unspecified atom stereocenters. The zero-order valence-electron chi connectivity index (χ0n) is 17.3. The van der Waals surface area contributed by atoms with E-state index in [1.54, 1.807) is 12.1 Å². The minimum atomic E-state index is -6.48. The number of benzene rings is 2. The fourth-order valence-corrected chi connectivity index (χ4v) is 3.07. The lowest BCUT2D eigenvalue weighted by Gasteiger charge is -2.27. The second-order valence-corrected chi connectivity index (χ2v) is 7.59. The topological polar surface area (TPSA) is 42.9 Å². The van der Waals surface area contributed by atoms with E-state index in [0.717, 1.165) is 0 Å². The molecule has 0 saturated heterocycles. The number of ether oxygens (including phenoxy) is 2. The standard InChI is InChI=1S/C21H17Cl2F7N2O2/c1-3-4-13-7-12(10-31-32-21(29,30)19(24,25)20(26,27)28)8-17(33-2)18(13)34-11-14-5-6-15(22)9-16(14)23/h3,5-10,32H,1,4,11H2,2H3/b31-10+. The molecular formula is C21H17Cl2F7N2O2. The summed E-state index contributed by atoms with van der Waals surface area (Å²) >= 11 is 12.0. The number of halogens is 9. The first-order valence-corrected chi connectivity index (χ1v) is 10.00. The summed E-state index contributed by atoms with van der Waals surface area (Å²) < 4.78 is 100. The predicted molar refractivity (Wildman–Crippen MR) is 114 cm³/mol. The summed E-state index contributed by atoms with van der Waals surface area (Å²) in [5, 5.41) is 3.63. The van der Waals surface area contributed by atoms with Gasteiger partial charge >= 0.3 is 18.1 Å². The number of nitrogens with zero attached hydrogens (tertiary/aromatic N) is 1. The van der Waals surface area contributed by atoms with Gasteiger partial charge in [-0.05, 0) is 36.2 Å². The maximum absolute atomic E-state index is 13.4. The second kappa shape index (κ2) is 10.7. The third kappa shape index (κ3) is 6.26. The number of methoxy groups -OCH3 is 1. The second-order valence-electron chi connectivity index (χ2n) is 6.75. The maximum Gasteiger partial charge on any atom is 0.462 e. The van der Waals surface area contributed by atoms with Gasteiger partial charge < -0.3 is 9.47 Å². The van der Waals surface area contributed by atoms with Gasteiger partial charge in [0.1, 0.15) is 6.61 Å². The SMILES string of the molecule is C=CCc1cc(/C=N/NC(F)(F)C(F)(F)C(F)(F)F)cc(OC)c1OCc1ccc(Cl)cc1Cl. The molecule has 0 saturated carbocycles. The molecule has 2 aromatic carbocycles. The Bertz CT molecular complexity index is 1060. The number of hydrazone groups is 1. The molecule has 0 aliphatic rings. The van der Waals surface area contributed by atoms with Gasteiger partial charge in [-0.2, -0.15) is 35.8 Å². The Labute approximate surface area is 199 Å². The summed E-state index contributed by atoms with van der Waals surface area (Å²) in [4.78, 5) is 0. The van der Waals surface area contributed by atoms with Crippen LogP contribution in [0.5, 0.6) is 11.5 Å². The highest BCUT2D eigenvalue weighted by molar-refractivity contribution is 6.35. The Kier molecular flexibility index (Phi) is 8.70. The first kappa shape index (κ1) is 27.6. The quantitative estimate of drug-likeness (QED) is 0.117. The first-order chi connectivity index (χ1) is 15.7. The molecule has 0 aliphatic carbocycles. The number of hydrogen-bond acceptors (Lipinski definition) is 4. The van der Waals surface area contributed by atoms with Crippen LogP contribution in [0.25, 0.3) is 0 Å². The molecule has 13 heteroatoms. The number of nitrogens with one attached hydrogen (secondary N) is 1. The minimum absolute atomic E-state index is 0.00421. The average molecular weight is 533 g/mol. The van der Waals surface area contributed by atoms with E-state index in [0.29, 0.717) is 32.8 Å². The molecule has 2 rings (SSSR count). The minimum Gasteiger partial charge on any atom is -0.493 e. The van der Waals surface area contributed by atoms with Crippen molar-refractivity contribution in [3.05, 3.63) is 69.7 Å². The Morgan fingerprint density at radius 2 is 1.71 bits per heavy atom. The Hall–Kier alpha value is -2.66. The van der Waals surface area contributed by atoms with Crippen LogP contribution in [-0.2, 0) is 13.0 Å². The predicted octanol–water partition coefficient (Wildman–Crippen LogP) is 7.02. The van der Waals surface area contributed by atoms with E-state index in [4.69, 9.17) is 32.7 Å². The van der Waals surface area contributed by atoms with Crippen LogP contribution >= 0.6 is 23.2 Å². The first-order valence-electron chi connectivity index (χ1n) is 9.24. The molecule has 0 heterocycles. The molecule has 1 N–H and O–H groups in total. The van der Waals surface area contributed by atoms with Gasteiger partial charge in [-0.3, -0.25) is 0 Å². The van der Waals surface area contributed by atoms with Gasteiger partial charge in [0.25, 0.3) is 0 Å². The van der Waals surface area contributed by atoms with Crippen LogP contribution in [0, 0.1) is 0 Å². The van der Waals surface area contributed by atoms with Crippen LogP contribution in [0.1, 0.15) is 16.7 Å². The maximum atomic E-state index is 13.4. The summed E-state index contributed by atoms with van der Waals surface area (Å²) in [7, 11) is 1.28. The van der Waals surface area contributed by atoms with Crippen molar-refractivity contribution in [2.45, 2.75) is 31.2 Å². The lowest BCUT2D eigenvalue weighted by atomic mass is 10.1. The molecule has 0 atom stereocenters. The zero-order valence-corrected chi connectivity index (χ0v) is 18.8. The van der Waals surface area contributed by atoms with E-state index in [-0.39, 0.29) is 30.1 Å². The normalized spacial score (nSPS) is 12.6. The van der Waals surface area contributed by atoms with E-state index >= 15 is 0 Å². The monoisotopic (exact) mass is 532 g/mol. The van der Waals surface area contributed by atoms with E-state index in [9.17, 15) is 30.7 Å². The smallest absolute Gasteiger partial charge is 0.462 e. The summed E-state index contributed by atoms with van der Waals surface area (Å²) in [6.07, 6.45) is -4.15. The highest BCUT2D eigenvalue weighted by Crippen LogP contribution is 2.45. The third-order valence-corrected chi connectivity index (χ3v) is 4.88. The number of hydrogen-bond donors (Lipinski definition) is 1. The molecule has 0 amide bonds. The molecule has 0 fully saturated rings. The highest BCUT2D eigenvalue weighted by atomic mass is 35.5. The van der Waals surface area contributed by atoms with Crippen molar-refractivity contribution in [2.75, 3.05) is 7.11 Å². The lowest BCUT2D eigenvalue weighted by Crippen LogP contribution is -2.58.